The third-order valence-electron chi connectivity index (χ3n) is 4.51. The van der Waals surface area contributed by atoms with Crippen LogP contribution in [0.1, 0.15) is 52.0 Å². The molecule has 1 aliphatic heterocycles. The summed E-state index contributed by atoms with van der Waals surface area (Å²) in [6, 6.07) is 8.74. The molecule has 1 heterocycles. The van der Waals surface area contributed by atoms with E-state index in [1.807, 2.05) is 0 Å². The second kappa shape index (κ2) is 3.85. The molecule has 1 saturated heterocycles. The average Bonchev–Trinajstić information content (AvgIpc) is 3.08. The first kappa shape index (κ1) is 12.2. The van der Waals surface area contributed by atoms with Crippen molar-refractivity contribution in [1.82, 2.24) is 0 Å². The van der Waals surface area contributed by atoms with Gasteiger partial charge in [-0.2, -0.15) is 0 Å². The van der Waals surface area contributed by atoms with Crippen LogP contribution in [0.5, 0.6) is 0 Å². The van der Waals surface area contributed by atoms with Crippen molar-refractivity contribution in [3.05, 3.63) is 29.8 Å². The Labute approximate surface area is 110 Å². The maximum atomic E-state index is 6.04. The van der Waals surface area contributed by atoms with Crippen molar-refractivity contribution in [3.63, 3.8) is 0 Å². The lowest BCUT2D eigenvalue weighted by atomic mass is 9.78. The molecular formula is C15H21BO2. The maximum absolute atomic E-state index is 6.04. The SMILES string of the molecule is CC1(C)OB(c2ccc(C3CC3)cc2)OC1(C)C. The number of rotatable bonds is 2. The first-order valence-electron chi connectivity index (χ1n) is 6.84. The predicted molar refractivity (Wildman–Crippen MR) is 74.1 cm³/mol. The van der Waals surface area contributed by atoms with E-state index in [0.717, 1.165) is 11.4 Å². The summed E-state index contributed by atoms with van der Waals surface area (Å²) < 4.78 is 12.1. The number of benzene rings is 1. The van der Waals surface area contributed by atoms with E-state index in [1.165, 1.54) is 18.4 Å². The second-order valence-corrected chi connectivity index (χ2v) is 6.53. The number of hydrogen-bond donors (Lipinski definition) is 0. The molecule has 96 valence electrons. The van der Waals surface area contributed by atoms with Gasteiger partial charge < -0.3 is 9.31 Å². The molecule has 0 unspecified atom stereocenters. The van der Waals surface area contributed by atoms with Crippen LogP contribution in [0.15, 0.2) is 24.3 Å². The van der Waals surface area contributed by atoms with Crippen LogP contribution in [0.4, 0.5) is 0 Å². The highest BCUT2D eigenvalue weighted by molar-refractivity contribution is 6.62. The Morgan fingerprint density at radius 2 is 1.44 bits per heavy atom. The fourth-order valence-electron chi connectivity index (χ4n) is 2.32. The van der Waals surface area contributed by atoms with Crippen LogP contribution in [0.25, 0.3) is 0 Å². The van der Waals surface area contributed by atoms with Crippen LogP contribution in [0, 0.1) is 0 Å². The Morgan fingerprint density at radius 1 is 0.944 bits per heavy atom. The van der Waals surface area contributed by atoms with Crippen molar-refractivity contribution >= 4 is 12.6 Å². The largest absolute Gasteiger partial charge is 0.494 e. The fraction of sp³-hybridized carbons (Fsp3) is 0.600. The molecule has 0 atom stereocenters. The smallest absolute Gasteiger partial charge is 0.399 e. The summed E-state index contributed by atoms with van der Waals surface area (Å²) in [7, 11) is -0.233. The third-order valence-corrected chi connectivity index (χ3v) is 4.51. The topological polar surface area (TPSA) is 18.5 Å². The van der Waals surface area contributed by atoms with Gasteiger partial charge in [0.25, 0.3) is 0 Å². The summed E-state index contributed by atoms with van der Waals surface area (Å²) >= 11 is 0. The minimum Gasteiger partial charge on any atom is -0.399 e. The zero-order valence-electron chi connectivity index (χ0n) is 11.7. The summed E-state index contributed by atoms with van der Waals surface area (Å²) in [5.74, 6) is 0.803. The molecule has 0 spiro atoms. The van der Waals surface area contributed by atoms with Crippen LogP contribution >= 0.6 is 0 Å². The summed E-state index contributed by atoms with van der Waals surface area (Å²) in [5, 5.41) is 0. The van der Waals surface area contributed by atoms with Gasteiger partial charge in [-0.3, -0.25) is 0 Å². The van der Waals surface area contributed by atoms with Gasteiger partial charge in [0.1, 0.15) is 0 Å². The molecule has 1 aromatic rings. The lowest BCUT2D eigenvalue weighted by Crippen LogP contribution is -2.41. The molecule has 18 heavy (non-hydrogen) atoms. The molecule has 0 radical (unpaired) electrons. The van der Waals surface area contributed by atoms with E-state index in [-0.39, 0.29) is 18.3 Å². The van der Waals surface area contributed by atoms with E-state index in [2.05, 4.69) is 52.0 Å². The average molecular weight is 244 g/mol. The zero-order valence-corrected chi connectivity index (χ0v) is 11.7. The Balaban J connectivity index is 1.79. The molecule has 1 aliphatic carbocycles. The van der Waals surface area contributed by atoms with Crippen molar-refractivity contribution in [2.24, 2.45) is 0 Å². The van der Waals surface area contributed by atoms with Gasteiger partial charge in [0, 0.05) is 0 Å². The lowest BCUT2D eigenvalue weighted by Gasteiger charge is -2.32. The highest BCUT2D eigenvalue weighted by atomic mass is 16.7. The fourth-order valence-corrected chi connectivity index (χ4v) is 2.32. The van der Waals surface area contributed by atoms with Crippen LogP contribution < -0.4 is 5.46 Å². The molecule has 0 aromatic heterocycles. The molecule has 2 nitrogen and oxygen atoms in total. The predicted octanol–water partition coefficient (Wildman–Crippen LogP) is 2.86. The molecule has 3 heteroatoms. The second-order valence-electron chi connectivity index (χ2n) is 6.53. The van der Waals surface area contributed by atoms with Crippen molar-refractivity contribution < 1.29 is 9.31 Å². The Morgan fingerprint density at radius 3 is 1.89 bits per heavy atom. The van der Waals surface area contributed by atoms with Crippen LogP contribution in [0.3, 0.4) is 0 Å². The monoisotopic (exact) mass is 244 g/mol. The molecule has 2 fully saturated rings. The Kier molecular flexibility index (Phi) is 2.62. The van der Waals surface area contributed by atoms with Gasteiger partial charge in [-0.25, -0.2) is 0 Å². The Bertz CT molecular complexity index is 430. The first-order valence-corrected chi connectivity index (χ1v) is 6.84. The minimum atomic E-state index is -0.257. The number of hydrogen-bond acceptors (Lipinski definition) is 2. The molecule has 3 rings (SSSR count). The van der Waals surface area contributed by atoms with Gasteiger partial charge in [0.05, 0.1) is 11.2 Å². The van der Waals surface area contributed by atoms with Crippen LogP contribution in [-0.2, 0) is 9.31 Å². The van der Waals surface area contributed by atoms with E-state index < -0.39 is 0 Å². The van der Waals surface area contributed by atoms with Gasteiger partial charge in [-0.05, 0) is 57.5 Å². The van der Waals surface area contributed by atoms with E-state index in [9.17, 15) is 0 Å². The Hall–Kier alpha value is -0.795. The molecule has 0 N–H and O–H groups in total. The van der Waals surface area contributed by atoms with Crippen molar-refractivity contribution in [3.8, 4) is 0 Å². The standard InChI is InChI=1S/C15H21BO2/c1-14(2)15(3,4)18-16(17-14)13-9-7-12(8-10-13)11-5-6-11/h7-11H,5-6H2,1-4H3. The van der Waals surface area contributed by atoms with E-state index in [0.29, 0.717) is 0 Å². The van der Waals surface area contributed by atoms with Crippen molar-refractivity contribution in [2.45, 2.75) is 57.7 Å². The van der Waals surface area contributed by atoms with E-state index in [4.69, 9.17) is 9.31 Å². The summed E-state index contributed by atoms with van der Waals surface area (Å²) in [6.45, 7) is 8.36. The quantitative estimate of drug-likeness (QED) is 0.745. The molecule has 2 aliphatic rings. The normalized spacial score (nSPS) is 25.4. The zero-order chi connectivity index (χ0) is 13.0. The van der Waals surface area contributed by atoms with Crippen molar-refractivity contribution in [2.75, 3.05) is 0 Å². The van der Waals surface area contributed by atoms with Gasteiger partial charge in [-0.1, -0.05) is 24.3 Å². The highest BCUT2D eigenvalue weighted by Gasteiger charge is 2.51. The molecule has 1 aromatic carbocycles. The van der Waals surface area contributed by atoms with Gasteiger partial charge in [-0.15, -0.1) is 0 Å². The van der Waals surface area contributed by atoms with Gasteiger partial charge in [0.2, 0.25) is 0 Å². The minimum absolute atomic E-state index is 0.233. The van der Waals surface area contributed by atoms with Crippen LogP contribution in [-0.4, -0.2) is 18.3 Å². The highest BCUT2D eigenvalue weighted by Crippen LogP contribution is 2.40. The molecule has 1 saturated carbocycles. The molecular weight excluding hydrogens is 223 g/mol. The third kappa shape index (κ3) is 2.00. The summed E-state index contributed by atoms with van der Waals surface area (Å²) in [4.78, 5) is 0. The molecule has 0 bridgehead atoms. The van der Waals surface area contributed by atoms with E-state index >= 15 is 0 Å². The summed E-state index contributed by atoms with van der Waals surface area (Å²) in [6.07, 6.45) is 2.69. The van der Waals surface area contributed by atoms with Crippen LogP contribution in [0.2, 0.25) is 0 Å². The summed E-state index contributed by atoms with van der Waals surface area (Å²) in [5.41, 5.74) is 2.06. The maximum Gasteiger partial charge on any atom is 0.494 e. The lowest BCUT2D eigenvalue weighted by molar-refractivity contribution is 0.00578. The van der Waals surface area contributed by atoms with Gasteiger partial charge in [0.15, 0.2) is 0 Å². The van der Waals surface area contributed by atoms with E-state index in [1.54, 1.807) is 0 Å². The first-order chi connectivity index (χ1) is 8.39. The van der Waals surface area contributed by atoms with Gasteiger partial charge >= 0.3 is 7.12 Å². The molecule has 0 amide bonds. The van der Waals surface area contributed by atoms with Crippen molar-refractivity contribution in [1.29, 1.82) is 0 Å².